The van der Waals surface area contributed by atoms with Gasteiger partial charge in [0.2, 0.25) is 0 Å². The van der Waals surface area contributed by atoms with Crippen LogP contribution in [-0.2, 0) is 11.0 Å². The molecular weight excluding hydrogens is 355 g/mol. The Kier molecular flexibility index (Phi) is 4.26. The molecule has 2 aromatic rings. The molecule has 4 rings (SSSR count). The minimum atomic E-state index is -4.47. The second kappa shape index (κ2) is 6.49. The van der Waals surface area contributed by atoms with E-state index in [0.717, 1.165) is 12.1 Å². The number of alkyl halides is 3. The summed E-state index contributed by atoms with van der Waals surface area (Å²) in [7, 11) is 0. The molecule has 0 saturated carbocycles. The number of benzene rings is 2. The number of aliphatic imine (C=N–C) groups is 1. The Bertz CT molecular complexity index is 900. The minimum absolute atomic E-state index is 0.268. The lowest BCUT2D eigenvalue weighted by molar-refractivity contribution is -0.137. The fraction of sp³-hybridized carbons (Fsp3) is 0.300. The SMILES string of the molecule is O=C1Nc2ccc(C(F)(F)F)cc2C(c2ccccc2)=NC12CCNCC2. The number of halogens is 3. The average Bonchev–Trinajstić information content (AvgIpc) is 2.77. The second-order valence-corrected chi connectivity index (χ2v) is 6.82. The van der Waals surface area contributed by atoms with E-state index in [-0.39, 0.29) is 5.91 Å². The van der Waals surface area contributed by atoms with Gasteiger partial charge in [0.05, 0.1) is 17.0 Å². The lowest BCUT2D eigenvalue weighted by Gasteiger charge is -2.32. The van der Waals surface area contributed by atoms with Crippen molar-refractivity contribution in [1.82, 2.24) is 5.32 Å². The van der Waals surface area contributed by atoms with E-state index in [1.54, 1.807) is 24.3 Å². The maximum atomic E-state index is 13.3. The number of hydrogen-bond acceptors (Lipinski definition) is 3. The average molecular weight is 373 g/mol. The van der Waals surface area contributed by atoms with Crippen LogP contribution in [0.1, 0.15) is 29.5 Å². The molecule has 2 aromatic carbocycles. The molecule has 0 unspecified atom stereocenters. The molecule has 2 N–H and O–H groups in total. The topological polar surface area (TPSA) is 53.5 Å². The van der Waals surface area contributed by atoms with Crippen molar-refractivity contribution in [3.05, 3.63) is 65.2 Å². The summed E-state index contributed by atoms with van der Waals surface area (Å²) < 4.78 is 39.8. The number of hydrogen-bond donors (Lipinski definition) is 2. The molecular formula is C20H18F3N3O. The van der Waals surface area contributed by atoms with E-state index in [9.17, 15) is 18.0 Å². The largest absolute Gasteiger partial charge is 0.416 e. The summed E-state index contributed by atoms with van der Waals surface area (Å²) >= 11 is 0. The minimum Gasteiger partial charge on any atom is -0.323 e. The third-order valence-corrected chi connectivity index (χ3v) is 5.08. The van der Waals surface area contributed by atoms with Crippen molar-refractivity contribution in [2.24, 2.45) is 4.99 Å². The van der Waals surface area contributed by atoms with E-state index < -0.39 is 17.3 Å². The Morgan fingerprint density at radius 1 is 1.00 bits per heavy atom. The van der Waals surface area contributed by atoms with Crippen LogP contribution in [0.15, 0.2) is 53.5 Å². The highest BCUT2D eigenvalue weighted by molar-refractivity contribution is 6.20. The molecule has 7 heteroatoms. The first-order valence-corrected chi connectivity index (χ1v) is 8.78. The lowest BCUT2D eigenvalue weighted by atomic mass is 9.87. The van der Waals surface area contributed by atoms with Crippen LogP contribution in [0.5, 0.6) is 0 Å². The molecule has 0 radical (unpaired) electrons. The van der Waals surface area contributed by atoms with Gasteiger partial charge in [-0.2, -0.15) is 13.2 Å². The molecule has 1 amide bonds. The number of piperidine rings is 1. The molecule has 0 atom stereocenters. The number of nitrogens with zero attached hydrogens (tertiary/aromatic N) is 1. The quantitative estimate of drug-likeness (QED) is 0.802. The predicted octanol–water partition coefficient (Wildman–Crippen LogP) is 3.62. The van der Waals surface area contributed by atoms with Crippen molar-refractivity contribution in [2.75, 3.05) is 18.4 Å². The van der Waals surface area contributed by atoms with Crippen molar-refractivity contribution in [1.29, 1.82) is 0 Å². The van der Waals surface area contributed by atoms with E-state index in [1.807, 2.05) is 6.07 Å². The van der Waals surface area contributed by atoms with Gasteiger partial charge in [0.25, 0.3) is 5.91 Å². The summed E-state index contributed by atoms with van der Waals surface area (Å²) in [6, 6.07) is 12.4. The van der Waals surface area contributed by atoms with Crippen LogP contribution >= 0.6 is 0 Å². The number of carbonyl (C=O) groups is 1. The zero-order chi connectivity index (χ0) is 19.1. The van der Waals surface area contributed by atoms with Crippen molar-refractivity contribution >= 4 is 17.3 Å². The second-order valence-electron chi connectivity index (χ2n) is 6.82. The molecule has 0 aliphatic carbocycles. The number of carbonyl (C=O) groups excluding carboxylic acids is 1. The van der Waals surface area contributed by atoms with Gasteiger partial charge < -0.3 is 10.6 Å². The van der Waals surface area contributed by atoms with Gasteiger partial charge in [-0.15, -0.1) is 0 Å². The van der Waals surface area contributed by atoms with Gasteiger partial charge in [-0.05, 0) is 44.1 Å². The van der Waals surface area contributed by atoms with Crippen molar-refractivity contribution in [3.8, 4) is 0 Å². The molecule has 1 fully saturated rings. The molecule has 1 spiro atoms. The Morgan fingerprint density at radius 3 is 2.37 bits per heavy atom. The summed E-state index contributed by atoms with van der Waals surface area (Å²) in [5.74, 6) is -0.268. The fourth-order valence-corrected chi connectivity index (χ4v) is 3.58. The summed E-state index contributed by atoms with van der Waals surface area (Å²) in [6.45, 7) is 1.26. The number of amides is 1. The first-order valence-electron chi connectivity index (χ1n) is 8.78. The molecule has 2 aliphatic rings. The molecule has 0 aromatic heterocycles. The summed E-state index contributed by atoms with van der Waals surface area (Å²) in [5, 5.41) is 6.02. The van der Waals surface area contributed by atoms with Crippen LogP contribution < -0.4 is 10.6 Å². The van der Waals surface area contributed by atoms with Crippen molar-refractivity contribution < 1.29 is 18.0 Å². The van der Waals surface area contributed by atoms with Gasteiger partial charge in [0.15, 0.2) is 0 Å². The molecule has 140 valence electrons. The van der Waals surface area contributed by atoms with Crippen molar-refractivity contribution in [3.63, 3.8) is 0 Å². The summed E-state index contributed by atoms with van der Waals surface area (Å²) in [6.07, 6.45) is -3.48. The van der Waals surface area contributed by atoms with E-state index in [4.69, 9.17) is 4.99 Å². The van der Waals surface area contributed by atoms with Gasteiger partial charge >= 0.3 is 6.18 Å². The van der Waals surface area contributed by atoms with Gasteiger partial charge in [0.1, 0.15) is 5.54 Å². The van der Waals surface area contributed by atoms with Crippen LogP contribution in [-0.4, -0.2) is 30.2 Å². The number of nitrogens with one attached hydrogen (secondary N) is 2. The predicted molar refractivity (Wildman–Crippen MR) is 97.0 cm³/mol. The number of anilines is 1. The summed E-state index contributed by atoms with van der Waals surface area (Å²) in [4.78, 5) is 17.7. The van der Waals surface area contributed by atoms with E-state index >= 15 is 0 Å². The highest BCUT2D eigenvalue weighted by Gasteiger charge is 2.42. The molecule has 1 saturated heterocycles. The van der Waals surface area contributed by atoms with Crippen LogP contribution in [0.3, 0.4) is 0 Å². The molecule has 2 aliphatic heterocycles. The van der Waals surface area contributed by atoms with Crippen LogP contribution in [0.4, 0.5) is 18.9 Å². The Morgan fingerprint density at radius 2 is 1.70 bits per heavy atom. The number of fused-ring (bicyclic) bond motifs is 1. The third kappa shape index (κ3) is 3.23. The van der Waals surface area contributed by atoms with Gasteiger partial charge in [-0.25, -0.2) is 0 Å². The highest BCUT2D eigenvalue weighted by atomic mass is 19.4. The molecule has 0 bridgehead atoms. The number of rotatable bonds is 1. The zero-order valence-corrected chi connectivity index (χ0v) is 14.4. The first kappa shape index (κ1) is 17.7. The van der Waals surface area contributed by atoms with E-state index in [1.165, 1.54) is 6.07 Å². The standard InChI is InChI=1S/C20H18F3N3O/c21-20(22,23)14-6-7-16-15(12-14)17(13-4-2-1-3-5-13)26-19(18(27)25-16)8-10-24-11-9-19/h1-7,12,24H,8-11H2,(H,25,27). The van der Waals surface area contributed by atoms with Gasteiger partial charge in [-0.3, -0.25) is 9.79 Å². The lowest BCUT2D eigenvalue weighted by Crippen LogP contribution is -2.49. The zero-order valence-electron chi connectivity index (χ0n) is 14.4. The van der Waals surface area contributed by atoms with E-state index in [2.05, 4.69) is 10.6 Å². The Hall–Kier alpha value is -2.67. The van der Waals surface area contributed by atoms with Gasteiger partial charge in [0, 0.05) is 11.1 Å². The maximum Gasteiger partial charge on any atom is 0.416 e. The normalized spacial score (nSPS) is 19.1. The molecule has 2 heterocycles. The third-order valence-electron chi connectivity index (χ3n) is 5.08. The summed E-state index contributed by atoms with van der Waals surface area (Å²) in [5.41, 5.74) is 0.00372. The smallest absolute Gasteiger partial charge is 0.323 e. The monoisotopic (exact) mass is 373 g/mol. The molecule has 27 heavy (non-hydrogen) atoms. The van der Waals surface area contributed by atoms with Crippen LogP contribution in [0.25, 0.3) is 0 Å². The van der Waals surface area contributed by atoms with Crippen molar-refractivity contribution in [2.45, 2.75) is 24.6 Å². The fourth-order valence-electron chi connectivity index (χ4n) is 3.58. The van der Waals surface area contributed by atoms with Crippen LogP contribution in [0.2, 0.25) is 0 Å². The Balaban J connectivity index is 1.95. The molecule has 4 nitrogen and oxygen atoms in total. The first-order chi connectivity index (χ1) is 12.9. The Labute approximate surface area is 154 Å². The van der Waals surface area contributed by atoms with Gasteiger partial charge in [-0.1, -0.05) is 30.3 Å². The van der Waals surface area contributed by atoms with Crippen LogP contribution in [0, 0.1) is 0 Å². The van der Waals surface area contributed by atoms with E-state index in [0.29, 0.717) is 48.5 Å². The highest BCUT2D eigenvalue weighted by Crippen LogP contribution is 2.37. The maximum absolute atomic E-state index is 13.3.